The van der Waals surface area contributed by atoms with E-state index >= 15 is 0 Å². The summed E-state index contributed by atoms with van der Waals surface area (Å²) >= 11 is 1.66. The lowest BCUT2D eigenvalue weighted by Gasteiger charge is -2.26. The minimum atomic E-state index is -0.466. The number of nitrogens with zero attached hydrogens (tertiary/aromatic N) is 3. The van der Waals surface area contributed by atoms with Gasteiger partial charge in [0, 0.05) is 6.54 Å². The van der Waals surface area contributed by atoms with Crippen molar-refractivity contribution in [3.05, 3.63) is 41.1 Å². The summed E-state index contributed by atoms with van der Waals surface area (Å²) in [4.78, 5) is 14.4. The monoisotopic (exact) mass is 347 g/mol. The molecule has 2 aliphatic rings. The molecule has 1 atom stereocenters. The summed E-state index contributed by atoms with van der Waals surface area (Å²) in [6.07, 6.45) is 3.69. The highest BCUT2D eigenvalue weighted by molar-refractivity contribution is 7.97. The van der Waals surface area contributed by atoms with Crippen LogP contribution in [0, 0.1) is 5.92 Å². The molecule has 0 unspecified atom stereocenters. The SMILES string of the molecule is CSCc1ccc(C(=O)N2CCn3nc([C@@H](O)C4CC4)cc3C2)o1. The Kier molecular flexibility index (Phi) is 4.14. The molecule has 24 heavy (non-hydrogen) atoms. The van der Waals surface area contributed by atoms with E-state index in [1.807, 2.05) is 23.1 Å². The summed E-state index contributed by atoms with van der Waals surface area (Å²) < 4.78 is 7.54. The Labute approximate surface area is 144 Å². The molecule has 0 bridgehead atoms. The van der Waals surface area contributed by atoms with Gasteiger partial charge in [-0.15, -0.1) is 0 Å². The lowest BCUT2D eigenvalue weighted by Crippen LogP contribution is -2.38. The third-order valence-electron chi connectivity index (χ3n) is 4.63. The third kappa shape index (κ3) is 2.98. The van der Waals surface area contributed by atoms with Gasteiger partial charge in [0.05, 0.1) is 30.2 Å². The Hall–Kier alpha value is -1.73. The van der Waals surface area contributed by atoms with Crippen LogP contribution in [0.2, 0.25) is 0 Å². The van der Waals surface area contributed by atoms with Crippen LogP contribution in [-0.2, 0) is 18.8 Å². The first-order valence-electron chi connectivity index (χ1n) is 8.27. The molecule has 7 heteroatoms. The van der Waals surface area contributed by atoms with E-state index in [2.05, 4.69) is 5.10 Å². The number of aromatic nitrogens is 2. The molecule has 2 aromatic heterocycles. The average Bonchev–Trinajstić information content (AvgIpc) is 3.18. The van der Waals surface area contributed by atoms with Gasteiger partial charge in [0.15, 0.2) is 5.76 Å². The average molecular weight is 347 g/mol. The van der Waals surface area contributed by atoms with E-state index in [1.165, 1.54) is 0 Å². The lowest BCUT2D eigenvalue weighted by molar-refractivity contribution is 0.0671. The summed E-state index contributed by atoms with van der Waals surface area (Å²) in [6.45, 7) is 1.75. The summed E-state index contributed by atoms with van der Waals surface area (Å²) in [5.74, 6) is 2.26. The van der Waals surface area contributed by atoms with Gasteiger partial charge >= 0.3 is 0 Å². The van der Waals surface area contributed by atoms with Gasteiger partial charge in [0.2, 0.25) is 0 Å². The van der Waals surface area contributed by atoms with E-state index < -0.39 is 6.10 Å². The van der Waals surface area contributed by atoms with Crippen molar-refractivity contribution in [2.45, 2.75) is 37.8 Å². The highest BCUT2D eigenvalue weighted by Gasteiger charge is 2.34. The summed E-state index contributed by atoms with van der Waals surface area (Å²) in [6, 6.07) is 5.55. The van der Waals surface area contributed by atoms with Gasteiger partial charge in [0.1, 0.15) is 11.9 Å². The quantitative estimate of drug-likeness (QED) is 0.899. The zero-order valence-electron chi connectivity index (χ0n) is 13.6. The summed E-state index contributed by atoms with van der Waals surface area (Å²) in [5.41, 5.74) is 1.71. The number of carbonyl (C=O) groups excluding carboxylic acids is 1. The molecular formula is C17H21N3O3S. The molecule has 1 fully saturated rings. The molecule has 1 N–H and O–H groups in total. The first kappa shape index (κ1) is 15.8. The van der Waals surface area contributed by atoms with Crippen molar-refractivity contribution >= 4 is 17.7 Å². The maximum absolute atomic E-state index is 12.6. The van der Waals surface area contributed by atoms with Gasteiger partial charge in [-0.2, -0.15) is 16.9 Å². The second-order valence-corrected chi connectivity index (χ2v) is 7.36. The number of rotatable bonds is 5. The molecule has 0 aromatic carbocycles. The second-order valence-electron chi connectivity index (χ2n) is 6.49. The molecule has 2 aromatic rings. The third-order valence-corrected chi connectivity index (χ3v) is 5.21. The van der Waals surface area contributed by atoms with Crippen LogP contribution in [0.4, 0.5) is 0 Å². The molecule has 4 rings (SSSR count). The zero-order valence-corrected chi connectivity index (χ0v) is 14.5. The molecule has 0 saturated heterocycles. The van der Waals surface area contributed by atoms with Crippen LogP contribution in [0.3, 0.4) is 0 Å². The molecule has 1 aliphatic heterocycles. The number of hydrogen-bond acceptors (Lipinski definition) is 5. The number of aliphatic hydroxyl groups is 1. The van der Waals surface area contributed by atoms with Crippen molar-refractivity contribution in [1.29, 1.82) is 0 Å². The molecule has 1 aliphatic carbocycles. The molecule has 0 radical (unpaired) electrons. The van der Waals surface area contributed by atoms with Crippen LogP contribution in [0.25, 0.3) is 0 Å². The van der Waals surface area contributed by atoms with Crippen molar-refractivity contribution in [2.75, 3.05) is 12.8 Å². The fourth-order valence-corrected chi connectivity index (χ4v) is 3.57. The van der Waals surface area contributed by atoms with Gasteiger partial charge in [-0.1, -0.05) is 0 Å². The van der Waals surface area contributed by atoms with Crippen LogP contribution in [0.5, 0.6) is 0 Å². The van der Waals surface area contributed by atoms with Gasteiger partial charge in [-0.3, -0.25) is 9.48 Å². The van der Waals surface area contributed by atoms with Crippen molar-refractivity contribution < 1.29 is 14.3 Å². The van der Waals surface area contributed by atoms with Crippen LogP contribution < -0.4 is 0 Å². The second kappa shape index (κ2) is 6.29. The fraction of sp³-hybridized carbons (Fsp3) is 0.529. The minimum absolute atomic E-state index is 0.0842. The first-order chi connectivity index (χ1) is 11.7. The van der Waals surface area contributed by atoms with Crippen LogP contribution in [-0.4, -0.2) is 38.5 Å². The van der Waals surface area contributed by atoms with E-state index in [0.29, 0.717) is 31.3 Å². The summed E-state index contributed by atoms with van der Waals surface area (Å²) in [5, 5.41) is 14.8. The largest absolute Gasteiger partial charge is 0.455 e. The predicted molar refractivity (Wildman–Crippen MR) is 90.6 cm³/mol. The van der Waals surface area contributed by atoms with E-state index in [9.17, 15) is 9.90 Å². The molecule has 1 amide bonds. The highest BCUT2D eigenvalue weighted by atomic mass is 32.2. The Bertz CT molecular complexity index is 750. The predicted octanol–water partition coefficient (Wildman–Crippen LogP) is 2.44. The highest BCUT2D eigenvalue weighted by Crippen LogP contribution is 2.40. The molecular weight excluding hydrogens is 326 g/mol. The van der Waals surface area contributed by atoms with Crippen molar-refractivity contribution in [1.82, 2.24) is 14.7 Å². The molecule has 128 valence electrons. The van der Waals surface area contributed by atoms with Crippen molar-refractivity contribution in [3.63, 3.8) is 0 Å². The van der Waals surface area contributed by atoms with Gasteiger partial charge in [-0.25, -0.2) is 0 Å². The van der Waals surface area contributed by atoms with Gasteiger partial charge < -0.3 is 14.4 Å². The zero-order chi connectivity index (χ0) is 16.7. The van der Waals surface area contributed by atoms with Crippen LogP contribution in [0.1, 0.15) is 46.6 Å². The van der Waals surface area contributed by atoms with Crippen LogP contribution >= 0.6 is 11.8 Å². The maximum Gasteiger partial charge on any atom is 0.289 e. The molecule has 0 spiro atoms. The van der Waals surface area contributed by atoms with E-state index in [0.717, 1.165) is 35.7 Å². The molecule has 1 saturated carbocycles. The normalized spacial score (nSPS) is 18.5. The van der Waals surface area contributed by atoms with Crippen LogP contribution in [0.15, 0.2) is 22.6 Å². The van der Waals surface area contributed by atoms with E-state index in [4.69, 9.17) is 4.42 Å². The van der Waals surface area contributed by atoms with Gasteiger partial charge in [0.25, 0.3) is 5.91 Å². The van der Waals surface area contributed by atoms with Crippen molar-refractivity contribution in [2.24, 2.45) is 5.92 Å². The lowest BCUT2D eigenvalue weighted by atomic mass is 10.1. The number of hydrogen-bond donors (Lipinski definition) is 1. The molecule has 3 heterocycles. The summed E-state index contributed by atoms with van der Waals surface area (Å²) in [7, 11) is 0. The smallest absolute Gasteiger partial charge is 0.289 e. The Morgan fingerprint density at radius 3 is 3.04 bits per heavy atom. The number of thioether (sulfide) groups is 1. The number of amides is 1. The first-order valence-corrected chi connectivity index (χ1v) is 9.66. The molecule has 6 nitrogen and oxygen atoms in total. The van der Waals surface area contributed by atoms with Crippen molar-refractivity contribution in [3.8, 4) is 0 Å². The van der Waals surface area contributed by atoms with Gasteiger partial charge in [-0.05, 0) is 43.2 Å². The Morgan fingerprint density at radius 2 is 2.29 bits per heavy atom. The number of carbonyl (C=O) groups is 1. The topological polar surface area (TPSA) is 71.5 Å². The minimum Gasteiger partial charge on any atom is -0.455 e. The maximum atomic E-state index is 12.6. The Morgan fingerprint density at radius 1 is 1.46 bits per heavy atom. The number of furan rings is 1. The Balaban J connectivity index is 1.47. The number of aliphatic hydroxyl groups excluding tert-OH is 1. The fourth-order valence-electron chi connectivity index (χ4n) is 3.13. The van der Waals surface area contributed by atoms with E-state index in [-0.39, 0.29) is 5.91 Å². The number of fused-ring (bicyclic) bond motifs is 1. The standard InChI is InChI=1S/C17H21N3O3S/c1-24-10-13-4-5-15(23-13)17(22)19-6-7-20-12(9-19)8-14(18-20)16(21)11-2-3-11/h4-5,8,11,16,21H,2-3,6-7,9-10H2,1H3/t16-/m0/s1. The van der Waals surface area contributed by atoms with E-state index in [1.54, 1.807) is 22.7 Å².